The van der Waals surface area contributed by atoms with Gasteiger partial charge in [-0.05, 0) is 43.4 Å². The predicted octanol–water partition coefficient (Wildman–Crippen LogP) is 3.59. The van der Waals surface area contributed by atoms with Gasteiger partial charge in [0.05, 0.1) is 0 Å². The van der Waals surface area contributed by atoms with Gasteiger partial charge in [0.25, 0.3) is 0 Å². The molecule has 18 heavy (non-hydrogen) atoms. The lowest BCUT2D eigenvalue weighted by molar-refractivity contribution is 0.280. The standard InChI is InChI=1S/C15H22FNO/c1-11(13-5-3-2-4-6-13)17-10-12-7-8-15(18)14(16)9-12/h7-9,11,13,17-18H,2-6,10H2,1H3/t11-/m1/s1. The van der Waals surface area contributed by atoms with Gasteiger partial charge in [-0.25, -0.2) is 4.39 Å². The minimum absolute atomic E-state index is 0.279. The first kappa shape index (κ1) is 13.3. The van der Waals surface area contributed by atoms with Crippen LogP contribution in [0.4, 0.5) is 4.39 Å². The van der Waals surface area contributed by atoms with Crippen molar-refractivity contribution in [2.45, 2.75) is 51.6 Å². The van der Waals surface area contributed by atoms with Gasteiger partial charge in [0.1, 0.15) is 0 Å². The minimum Gasteiger partial charge on any atom is -0.505 e. The molecule has 0 saturated heterocycles. The number of hydrogen-bond donors (Lipinski definition) is 2. The van der Waals surface area contributed by atoms with Crippen LogP contribution in [0.2, 0.25) is 0 Å². The van der Waals surface area contributed by atoms with Gasteiger partial charge in [-0.3, -0.25) is 0 Å². The quantitative estimate of drug-likeness (QED) is 0.857. The summed E-state index contributed by atoms with van der Waals surface area (Å²) < 4.78 is 13.2. The van der Waals surface area contributed by atoms with E-state index in [-0.39, 0.29) is 5.75 Å². The van der Waals surface area contributed by atoms with Crippen LogP contribution < -0.4 is 5.32 Å². The lowest BCUT2D eigenvalue weighted by Crippen LogP contribution is -2.34. The number of benzene rings is 1. The monoisotopic (exact) mass is 251 g/mol. The molecule has 0 spiro atoms. The summed E-state index contributed by atoms with van der Waals surface area (Å²) in [4.78, 5) is 0. The number of phenolic OH excluding ortho intramolecular Hbond substituents is 1. The van der Waals surface area contributed by atoms with Gasteiger partial charge in [0.15, 0.2) is 11.6 Å². The SMILES string of the molecule is C[C@@H](NCc1ccc(O)c(F)c1)C1CCCCC1. The molecule has 2 rings (SSSR count). The Labute approximate surface area is 108 Å². The summed E-state index contributed by atoms with van der Waals surface area (Å²) >= 11 is 0. The second kappa shape index (κ2) is 6.19. The Morgan fingerprint density at radius 1 is 1.33 bits per heavy atom. The molecule has 1 aromatic rings. The lowest BCUT2D eigenvalue weighted by atomic mass is 9.84. The van der Waals surface area contributed by atoms with Crippen LogP contribution in [0.1, 0.15) is 44.6 Å². The van der Waals surface area contributed by atoms with Crippen molar-refractivity contribution in [2.24, 2.45) is 5.92 Å². The highest BCUT2D eigenvalue weighted by Gasteiger charge is 2.19. The van der Waals surface area contributed by atoms with Gasteiger partial charge in [0, 0.05) is 12.6 Å². The molecule has 2 N–H and O–H groups in total. The number of rotatable bonds is 4. The molecule has 0 aliphatic heterocycles. The second-order valence-corrected chi connectivity index (χ2v) is 5.35. The fourth-order valence-corrected chi connectivity index (χ4v) is 2.74. The maximum atomic E-state index is 13.2. The first-order chi connectivity index (χ1) is 8.66. The number of phenols is 1. The Bertz CT molecular complexity index is 388. The van der Waals surface area contributed by atoms with E-state index in [9.17, 15) is 4.39 Å². The Morgan fingerprint density at radius 3 is 2.72 bits per heavy atom. The van der Waals surface area contributed by atoms with Crippen LogP contribution >= 0.6 is 0 Å². The summed E-state index contributed by atoms with van der Waals surface area (Å²) in [5, 5.41) is 12.6. The molecule has 0 aromatic heterocycles. The third kappa shape index (κ3) is 3.45. The smallest absolute Gasteiger partial charge is 0.165 e. The highest BCUT2D eigenvalue weighted by atomic mass is 19.1. The normalized spacial score (nSPS) is 18.8. The molecule has 0 radical (unpaired) electrons. The van der Waals surface area contributed by atoms with E-state index in [0.29, 0.717) is 12.6 Å². The summed E-state index contributed by atoms with van der Waals surface area (Å²) in [7, 11) is 0. The molecule has 3 heteroatoms. The predicted molar refractivity (Wildman–Crippen MR) is 70.9 cm³/mol. The molecular weight excluding hydrogens is 229 g/mol. The van der Waals surface area contributed by atoms with Crippen LogP contribution in [-0.2, 0) is 6.54 Å². The van der Waals surface area contributed by atoms with E-state index in [1.54, 1.807) is 6.07 Å². The van der Waals surface area contributed by atoms with Gasteiger partial charge in [-0.2, -0.15) is 0 Å². The van der Waals surface area contributed by atoms with Crippen LogP contribution in [0, 0.1) is 11.7 Å². The zero-order chi connectivity index (χ0) is 13.0. The molecule has 1 saturated carbocycles. The van der Waals surface area contributed by atoms with Crippen molar-refractivity contribution in [3.05, 3.63) is 29.6 Å². The van der Waals surface area contributed by atoms with Gasteiger partial charge in [0.2, 0.25) is 0 Å². The highest BCUT2D eigenvalue weighted by molar-refractivity contribution is 5.27. The molecule has 0 bridgehead atoms. The van der Waals surface area contributed by atoms with Gasteiger partial charge < -0.3 is 10.4 Å². The van der Waals surface area contributed by atoms with Crippen LogP contribution in [-0.4, -0.2) is 11.1 Å². The van der Waals surface area contributed by atoms with E-state index in [2.05, 4.69) is 12.2 Å². The average Bonchev–Trinajstić information content (AvgIpc) is 2.41. The molecule has 0 unspecified atom stereocenters. The molecule has 1 atom stereocenters. The largest absolute Gasteiger partial charge is 0.505 e. The van der Waals surface area contributed by atoms with Crippen molar-refractivity contribution in [3.63, 3.8) is 0 Å². The van der Waals surface area contributed by atoms with Crippen LogP contribution in [0.5, 0.6) is 5.75 Å². The van der Waals surface area contributed by atoms with Crippen LogP contribution in [0.3, 0.4) is 0 Å². The van der Waals surface area contributed by atoms with E-state index in [0.717, 1.165) is 11.5 Å². The number of nitrogens with one attached hydrogen (secondary N) is 1. The fourth-order valence-electron chi connectivity index (χ4n) is 2.74. The summed E-state index contributed by atoms with van der Waals surface area (Å²) in [5.41, 5.74) is 0.882. The molecule has 1 aliphatic carbocycles. The molecule has 1 fully saturated rings. The van der Waals surface area contributed by atoms with Crippen molar-refractivity contribution < 1.29 is 9.50 Å². The number of hydrogen-bond acceptors (Lipinski definition) is 2. The molecule has 0 amide bonds. The number of aromatic hydroxyl groups is 1. The lowest BCUT2D eigenvalue weighted by Gasteiger charge is -2.28. The summed E-state index contributed by atoms with van der Waals surface area (Å²) in [6, 6.07) is 5.05. The minimum atomic E-state index is -0.542. The first-order valence-corrected chi connectivity index (χ1v) is 6.87. The summed E-state index contributed by atoms with van der Waals surface area (Å²) in [6.45, 7) is 2.88. The van der Waals surface area contributed by atoms with E-state index >= 15 is 0 Å². The Morgan fingerprint density at radius 2 is 2.06 bits per heavy atom. The van der Waals surface area contributed by atoms with Crippen LogP contribution in [0.15, 0.2) is 18.2 Å². The Kier molecular flexibility index (Phi) is 4.59. The molecule has 1 aliphatic rings. The third-order valence-electron chi connectivity index (χ3n) is 4.00. The van der Waals surface area contributed by atoms with E-state index in [1.165, 1.54) is 44.2 Å². The molecule has 100 valence electrons. The van der Waals surface area contributed by atoms with E-state index < -0.39 is 5.82 Å². The second-order valence-electron chi connectivity index (χ2n) is 5.35. The Balaban J connectivity index is 1.84. The maximum Gasteiger partial charge on any atom is 0.165 e. The van der Waals surface area contributed by atoms with Crippen molar-refractivity contribution in [3.8, 4) is 5.75 Å². The maximum absolute atomic E-state index is 13.2. The first-order valence-electron chi connectivity index (χ1n) is 6.87. The molecule has 0 heterocycles. The van der Waals surface area contributed by atoms with Crippen molar-refractivity contribution in [1.29, 1.82) is 0 Å². The van der Waals surface area contributed by atoms with Crippen LogP contribution in [0.25, 0.3) is 0 Å². The summed E-state index contributed by atoms with van der Waals surface area (Å²) in [6.07, 6.45) is 6.65. The zero-order valence-corrected chi connectivity index (χ0v) is 11.0. The van der Waals surface area contributed by atoms with Gasteiger partial charge >= 0.3 is 0 Å². The molecular formula is C15H22FNO. The fraction of sp³-hybridized carbons (Fsp3) is 0.600. The molecule has 1 aromatic carbocycles. The van der Waals surface area contributed by atoms with Crippen molar-refractivity contribution in [2.75, 3.05) is 0 Å². The van der Waals surface area contributed by atoms with E-state index in [4.69, 9.17) is 5.11 Å². The summed E-state index contributed by atoms with van der Waals surface area (Å²) in [5.74, 6) is -0.0700. The van der Waals surface area contributed by atoms with E-state index in [1.807, 2.05) is 0 Å². The average molecular weight is 251 g/mol. The zero-order valence-electron chi connectivity index (χ0n) is 11.0. The molecule has 2 nitrogen and oxygen atoms in total. The van der Waals surface area contributed by atoms with Crippen molar-refractivity contribution in [1.82, 2.24) is 5.32 Å². The topological polar surface area (TPSA) is 32.3 Å². The third-order valence-corrected chi connectivity index (χ3v) is 4.00. The van der Waals surface area contributed by atoms with Crippen molar-refractivity contribution >= 4 is 0 Å². The highest BCUT2D eigenvalue weighted by Crippen LogP contribution is 2.26. The number of halogens is 1. The van der Waals surface area contributed by atoms with Gasteiger partial charge in [-0.15, -0.1) is 0 Å². The van der Waals surface area contributed by atoms with Gasteiger partial charge in [-0.1, -0.05) is 25.3 Å². The Hall–Kier alpha value is -1.09.